The third-order valence-electron chi connectivity index (χ3n) is 6.69. The maximum atomic E-state index is 13.2. The number of aliphatic carboxylic acids is 1. The van der Waals surface area contributed by atoms with Gasteiger partial charge in [-0.1, -0.05) is 56.3 Å². The number of nitrogens with zero attached hydrogens (tertiary/aromatic N) is 1. The summed E-state index contributed by atoms with van der Waals surface area (Å²) in [4.78, 5) is 52.7. The molecule has 2 aromatic rings. The number of nitrogens with two attached hydrogens (primary N) is 1. The summed E-state index contributed by atoms with van der Waals surface area (Å²) in [5.41, 5.74) is 7.71. The first-order valence-electron chi connectivity index (χ1n) is 12.8. The number of benzene rings is 2. The Morgan fingerprint density at radius 1 is 0.974 bits per heavy atom. The number of amides is 3. The number of carboxylic acid groups (broad SMARTS) is 1. The van der Waals surface area contributed by atoms with Crippen LogP contribution in [0, 0.1) is 5.92 Å². The minimum absolute atomic E-state index is 0.102. The lowest BCUT2D eigenvalue weighted by Gasteiger charge is -2.29. The van der Waals surface area contributed by atoms with E-state index >= 15 is 0 Å². The molecule has 0 saturated carbocycles. The molecule has 4 atom stereocenters. The number of hydrogen-bond acceptors (Lipinski definition) is 6. The zero-order valence-corrected chi connectivity index (χ0v) is 21.7. The van der Waals surface area contributed by atoms with Crippen molar-refractivity contribution in [3.05, 3.63) is 65.7 Å². The average molecular weight is 525 g/mol. The van der Waals surface area contributed by atoms with Crippen molar-refractivity contribution in [3.63, 3.8) is 0 Å². The van der Waals surface area contributed by atoms with Crippen molar-refractivity contribution < 1.29 is 29.4 Å². The van der Waals surface area contributed by atoms with Crippen LogP contribution in [-0.4, -0.2) is 69.5 Å². The third kappa shape index (κ3) is 7.55. The number of nitrogens with one attached hydrogen (secondary N) is 2. The van der Waals surface area contributed by atoms with Gasteiger partial charge in [-0.2, -0.15) is 0 Å². The van der Waals surface area contributed by atoms with E-state index in [1.165, 1.54) is 17.0 Å². The monoisotopic (exact) mass is 524 g/mol. The Balaban J connectivity index is 1.64. The van der Waals surface area contributed by atoms with Crippen LogP contribution in [0.3, 0.4) is 0 Å². The van der Waals surface area contributed by atoms with E-state index < -0.39 is 42.0 Å². The van der Waals surface area contributed by atoms with E-state index in [-0.39, 0.29) is 30.4 Å². The molecule has 0 aromatic heterocycles. The molecule has 6 N–H and O–H groups in total. The molecule has 10 heteroatoms. The lowest BCUT2D eigenvalue weighted by Crippen LogP contribution is -2.58. The fourth-order valence-electron chi connectivity index (χ4n) is 4.59. The fraction of sp³-hybridized carbons (Fsp3) is 0.429. The van der Waals surface area contributed by atoms with Gasteiger partial charge in [-0.3, -0.25) is 14.4 Å². The van der Waals surface area contributed by atoms with Crippen LogP contribution in [0.15, 0.2) is 54.6 Å². The molecule has 1 saturated heterocycles. The third-order valence-corrected chi connectivity index (χ3v) is 6.69. The first kappa shape index (κ1) is 28.6. The summed E-state index contributed by atoms with van der Waals surface area (Å²) in [6, 6.07) is 11.6. The van der Waals surface area contributed by atoms with Gasteiger partial charge in [0.15, 0.2) is 0 Å². The van der Waals surface area contributed by atoms with Crippen molar-refractivity contribution in [1.82, 2.24) is 15.5 Å². The van der Waals surface area contributed by atoms with Gasteiger partial charge in [0.2, 0.25) is 17.7 Å². The number of likely N-dealkylation sites (tertiary alicyclic amines) is 1. The highest BCUT2D eigenvalue weighted by Gasteiger charge is 2.38. The molecule has 2 aromatic carbocycles. The van der Waals surface area contributed by atoms with Gasteiger partial charge in [0, 0.05) is 13.0 Å². The van der Waals surface area contributed by atoms with Gasteiger partial charge >= 0.3 is 5.97 Å². The predicted octanol–water partition coefficient (Wildman–Crippen LogP) is 1.21. The molecule has 1 aliphatic rings. The number of carbonyl (C=O) groups is 4. The quantitative estimate of drug-likeness (QED) is 0.295. The molecule has 1 fully saturated rings. The highest BCUT2D eigenvalue weighted by Crippen LogP contribution is 2.20. The molecule has 0 spiro atoms. The lowest BCUT2D eigenvalue weighted by atomic mass is 10.0. The molecule has 1 heterocycles. The van der Waals surface area contributed by atoms with Crippen molar-refractivity contribution in [3.8, 4) is 5.75 Å². The summed E-state index contributed by atoms with van der Waals surface area (Å²) in [6.07, 6.45) is 1.40. The maximum absolute atomic E-state index is 13.2. The minimum Gasteiger partial charge on any atom is -0.508 e. The van der Waals surface area contributed by atoms with E-state index in [1.54, 1.807) is 50.2 Å². The van der Waals surface area contributed by atoms with Crippen LogP contribution in [0.2, 0.25) is 0 Å². The molecule has 0 radical (unpaired) electrons. The van der Waals surface area contributed by atoms with E-state index in [1.807, 2.05) is 6.07 Å². The normalized spacial score (nSPS) is 17.5. The number of hydrogen-bond donors (Lipinski definition) is 5. The first-order valence-corrected chi connectivity index (χ1v) is 12.8. The van der Waals surface area contributed by atoms with Gasteiger partial charge in [0.05, 0.1) is 6.04 Å². The fourth-order valence-corrected chi connectivity index (χ4v) is 4.59. The summed E-state index contributed by atoms with van der Waals surface area (Å²) >= 11 is 0. The molecular weight excluding hydrogens is 488 g/mol. The largest absolute Gasteiger partial charge is 0.508 e. The number of aromatic hydroxyl groups is 1. The van der Waals surface area contributed by atoms with Crippen LogP contribution < -0.4 is 16.4 Å². The second-order valence-corrected chi connectivity index (χ2v) is 9.99. The second-order valence-electron chi connectivity index (χ2n) is 9.99. The standard InChI is InChI=1S/C28H36N4O6/c1-17(2)24(26(35)30-22(28(37)38)16-18-7-4-3-5-8-18)31-25(34)23-9-6-14-32(23)27(36)21(29)15-19-10-12-20(33)13-11-19/h3-5,7-8,10-13,17,21-24,33H,6,9,14-16,29H2,1-2H3,(H,30,35)(H,31,34)(H,37,38). The summed E-state index contributed by atoms with van der Waals surface area (Å²) < 4.78 is 0. The van der Waals surface area contributed by atoms with Crippen LogP contribution in [0.4, 0.5) is 0 Å². The Kier molecular flexibility index (Phi) is 9.84. The molecule has 3 amide bonds. The number of carbonyl (C=O) groups excluding carboxylic acids is 3. The minimum atomic E-state index is -1.17. The number of phenols is 1. The molecule has 0 aliphatic carbocycles. The number of carboxylic acids is 1. The smallest absolute Gasteiger partial charge is 0.326 e. The second kappa shape index (κ2) is 13.0. The summed E-state index contributed by atoms with van der Waals surface area (Å²) in [7, 11) is 0. The number of phenolic OH excluding ortho intramolecular Hbond substituents is 1. The van der Waals surface area contributed by atoms with Crippen LogP contribution in [0.1, 0.15) is 37.8 Å². The Morgan fingerprint density at radius 2 is 1.61 bits per heavy atom. The summed E-state index contributed by atoms with van der Waals surface area (Å²) in [5.74, 6) is -2.83. The van der Waals surface area contributed by atoms with E-state index in [4.69, 9.17) is 5.73 Å². The van der Waals surface area contributed by atoms with Crippen molar-refractivity contribution in [2.75, 3.05) is 6.54 Å². The Morgan fingerprint density at radius 3 is 2.21 bits per heavy atom. The van der Waals surface area contributed by atoms with Gasteiger partial charge in [0.25, 0.3) is 0 Å². The Labute approximate surface area is 222 Å². The SMILES string of the molecule is CC(C)C(NC(=O)C1CCCN1C(=O)C(N)Cc1ccc(O)cc1)C(=O)NC(Cc1ccccc1)C(=O)O. The van der Waals surface area contributed by atoms with Crippen molar-refractivity contribution >= 4 is 23.7 Å². The van der Waals surface area contributed by atoms with Gasteiger partial charge in [-0.15, -0.1) is 0 Å². The van der Waals surface area contributed by atoms with E-state index in [9.17, 15) is 29.4 Å². The highest BCUT2D eigenvalue weighted by molar-refractivity contribution is 5.94. The lowest BCUT2D eigenvalue weighted by molar-refractivity contribution is -0.143. The molecule has 10 nitrogen and oxygen atoms in total. The van der Waals surface area contributed by atoms with Gasteiger partial charge < -0.3 is 31.5 Å². The maximum Gasteiger partial charge on any atom is 0.326 e. The molecule has 1 aliphatic heterocycles. The number of rotatable bonds is 11. The first-order chi connectivity index (χ1) is 18.1. The predicted molar refractivity (Wildman–Crippen MR) is 141 cm³/mol. The van der Waals surface area contributed by atoms with Gasteiger partial charge in [-0.05, 0) is 48.4 Å². The molecule has 0 bridgehead atoms. The van der Waals surface area contributed by atoms with Gasteiger partial charge in [-0.25, -0.2) is 4.79 Å². The molecule has 4 unspecified atom stereocenters. The summed E-state index contributed by atoms with van der Waals surface area (Å²) in [6.45, 7) is 3.88. The van der Waals surface area contributed by atoms with E-state index in [2.05, 4.69) is 10.6 Å². The molecule has 204 valence electrons. The zero-order valence-electron chi connectivity index (χ0n) is 21.7. The van der Waals surface area contributed by atoms with Crippen LogP contribution in [-0.2, 0) is 32.0 Å². The van der Waals surface area contributed by atoms with Crippen LogP contribution in [0.5, 0.6) is 5.75 Å². The Bertz CT molecular complexity index is 1120. The summed E-state index contributed by atoms with van der Waals surface area (Å²) in [5, 5.41) is 24.4. The average Bonchev–Trinajstić information content (AvgIpc) is 3.38. The molecule has 3 rings (SSSR count). The van der Waals surface area contributed by atoms with E-state index in [0.717, 1.165) is 11.1 Å². The van der Waals surface area contributed by atoms with Crippen LogP contribution in [0.25, 0.3) is 0 Å². The zero-order chi connectivity index (χ0) is 27.8. The van der Waals surface area contributed by atoms with E-state index in [0.29, 0.717) is 19.4 Å². The van der Waals surface area contributed by atoms with Crippen molar-refractivity contribution in [1.29, 1.82) is 0 Å². The van der Waals surface area contributed by atoms with Gasteiger partial charge in [0.1, 0.15) is 23.9 Å². The molecular formula is C28H36N4O6. The van der Waals surface area contributed by atoms with Crippen molar-refractivity contribution in [2.24, 2.45) is 11.7 Å². The topological polar surface area (TPSA) is 162 Å². The van der Waals surface area contributed by atoms with Crippen molar-refractivity contribution in [2.45, 2.75) is 63.7 Å². The molecule has 38 heavy (non-hydrogen) atoms. The highest BCUT2D eigenvalue weighted by atomic mass is 16.4. The van der Waals surface area contributed by atoms with Crippen LogP contribution >= 0.6 is 0 Å². The Hall–Kier alpha value is -3.92.